The number of halogens is 2. The molecule has 0 atom stereocenters. The summed E-state index contributed by atoms with van der Waals surface area (Å²) < 4.78 is 12.5. The van der Waals surface area contributed by atoms with Gasteiger partial charge in [0.05, 0.1) is 16.0 Å². The summed E-state index contributed by atoms with van der Waals surface area (Å²) in [7, 11) is 0. The van der Waals surface area contributed by atoms with Gasteiger partial charge >= 0.3 is 0 Å². The number of nitrogens with zero attached hydrogens (tertiary/aromatic N) is 3. The van der Waals surface area contributed by atoms with Crippen LogP contribution >= 0.6 is 39.3 Å². The zero-order chi connectivity index (χ0) is 29.6. The van der Waals surface area contributed by atoms with Gasteiger partial charge in [0.2, 0.25) is 5.91 Å². The molecule has 3 aromatic rings. The molecule has 2 aliphatic rings. The monoisotopic (exact) mass is 669 g/mol. The number of carbonyl (C=O) groups is 3. The smallest absolute Gasteiger partial charge is 0.294 e. The Labute approximate surface area is 262 Å². The third-order valence-electron chi connectivity index (χ3n) is 6.88. The highest BCUT2D eigenvalue weighted by Gasteiger charge is 2.37. The molecule has 0 spiro atoms. The predicted molar refractivity (Wildman–Crippen MR) is 169 cm³/mol. The summed E-state index contributed by atoms with van der Waals surface area (Å²) in [6, 6.07) is 21.0. The van der Waals surface area contributed by atoms with Crippen LogP contribution in [-0.4, -0.2) is 66.2 Å². The number of benzene rings is 3. The van der Waals surface area contributed by atoms with E-state index in [9.17, 15) is 14.4 Å². The van der Waals surface area contributed by atoms with Gasteiger partial charge in [0.15, 0.2) is 11.5 Å². The summed E-state index contributed by atoms with van der Waals surface area (Å²) in [6.45, 7) is 4.65. The maximum Gasteiger partial charge on any atom is 0.294 e. The number of ether oxygens (including phenoxy) is 2. The van der Waals surface area contributed by atoms with Crippen molar-refractivity contribution in [2.45, 2.75) is 13.5 Å². The van der Waals surface area contributed by atoms with Crippen LogP contribution in [0.25, 0.3) is 6.08 Å². The molecule has 0 radical (unpaired) electrons. The van der Waals surface area contributed by atoms with E-state index in [2.05, 4.69) is 20.8 Å². The van der Waals surface area contributed by atoms with Crippen molar-refractivity contribution in [1.82, 2.24) is 9.80 Å². The summed E-state index contributed by atoms with van der Waals surface area (Å²) in [6.07, 6.45) is 1.62. The number of anilines is 1. The van der Waals surface area contributed by atoms with Gasteiger partial charge in [-0.2, -0.15) is 0 Å². The molecular formula is C31H29BrClN3O5S. The van der Waals surface area contributed by atoms with E-state index in [0.717, 1.165) is 27.9 Å². The molecular weight excluding hydrogens is 642 g/mol. The minimum atomic E-state index is -0.491. The standard InChI is InChI=1S/C31H29BrClN3O5S/c1-2-40-26-17-21(16-24(32)29(26)41-20-22-8-6-7-11-25(22)33)18-27-30(38)36(31(39)42-27)19-28(37)35-14-12-34(13-15-35)23-9-4-3-5-10-23/h3-11,16-18H,2,12-15,19-20H2,1H3/b27-18+. The number of carbonyl (C=O) groups excluding carboxylic acids is 3. The predicted octanol–water partition coefficient (Wildman–Crippen LogP) is 6.47. The molecule has 0 aliphatic carbocycles. The summed E-state index contributed by atoms with van der Waals surface area (Å²) in [5, 5.41) is 0.137. The second-order valence-electron chi connectivity index (χ2n) is 9.61. The molecule has 2 fully saturated rings. The van der Waals surface area contributed by atoms with Crippen molar-refractivity contribution in [2.75, 3.05) is 44.2 Å². The number of imide groups is 1. The Balaban J connectivity index is 1.24. The molecule has 11 heteroatoms. The van der Waals surface area contributed by atoms with E-state index in [1.165, 1.54) is 0 Å². The number of piperazine rings is 1. The summed E-state index contributed by atoms with van der Waals surface area (Å²) >= 11 is 10.6. The fourth-order valence-corrected chi connectivity index (χ4v) is 6.32. The Morgan fingerprint density at radius 3 is 2.43 bits per heavy atom. The van der Waals surface area contributed by atoms with Gasteiger partial charge in [0.1, 0.15) is 13.2 Å². The molecule has 5 rings (SSSR count). The van der Waals surface area contributed by atoms with Crippen molar-refractivity contribution < 1.29 is 23.9 Å². The van der Waals surface area contributed by atoms with Crippen molar-refractivity contribution in [3.05, 3.63) is 92.3 Å². The van der Waals surface area contributed by atoms with Gasteiger partial charge in [-0.25, -0.2) is 0 Å². The van der Waals surface area contributed by atoms with Crippen molar-refractivity contribution >= 4 is 68.1 Å². The SMILES string of the molecule is CCOc1cc(/C=C2/SC(=O)N(CC(=O)N3CCN(c4ccccc4)CC3)C2=O)cc(Br)c1OCc1ccccc1Cl. The Kier molecular flexibility index (Phi) is 9.76. The van der Waals surface area contributed by atoms with Crippen LogP contribution < -0.4 is 14.4 Å². The topological polar surface area (TPSA) is 79.4 Å². The lowest BCUT2D eigenvalue weighted by Gasteiger charge is -2.36. The number of rotatable bonds is 9. The number of thioether (sulfide) groups is 1. The number of hydrogen-bond donors (Lipinski definition) is 0. The minimum Gasteiger partial charge on any atom is -0.490 e. The van der Waals surface area contributed by atoms with Gasteiger partial charge in [-0.15, -0.1) is 0 Å². The molecule has 3 amide bonds. The van der Waals surface area contributed by atoms with Crippen LogP contribution in [0.5, 0.6) is 11.5 Å². The van der Waals surface area contributed by atoms with Crippen LogP contribution in [0.1, 0.15) is 18.1 Å². The second-order valence-corrected chi connectivity index (χ2v) is 11.9. The first-order valence-corrected chi connectivity index (χ1v) is 15.5. The highest BCUT2D eigenvalue weighted by molar-refractivity contribution is 9.10. The number of amides is 3. The van der Waals surface area contributed by atoms with Crippen molar-refractivity contribution in [1.29, 1.82) is 0 Å². The zero-order valence-corrected chi connectivity index (χ0v) is 26.1. The third-order valence-corrected chi connectivity index (χ3v) is 8.75. The van der Waals surface area contributed by atoms with Gasteiger partial charge in [-0.05, 0) is 76.6 Å². The van der Waals surface area contributed by atoms with Crippen LogP contribution in [0.4, 0.5) is 10.5 Å². The summed E-state index contributed by atoms with van der Waals surface area (Å²) in [5.41, 5.74) is 2.59. The van der Waals surface area contributed by atoms with Crippen LogP contribution in [0.15, 0.2) is 76.1 Å². The van der Waals surface area contributed by atoms with E-state index < -0.39 is 11.1 Å². The Bertz CT molecular complexity index is 1510. The van der Waals surface area contributed by atoms with E-state index in [0.29, 0.717) is 59.3 Å². The number of para-hydroxylation sites is 1. The first-order valence-electron chi connectivity index (χ1n) is 13.5. The molecule has 0 saturated carbocycles. The van der Waals surface area contributed by atoms with Crippen LogP contribution in [0.3, 0.4) is 0 Å². The fourth-order valence-electron chi connectivity index (χ4n) is 4.72. The van der Waals surface area contributed by atoms with Gasteiger partial charge in [0.25, 0.3) is 11.1 Å². The number of hydrogen-bond acceptors (Lipinski definition) is 7. The Morgan fingerprint density at radius 1 is 1.00 bits per heavy atom. The largest absolute Gasteiger partial charge is 0.490 e. The van der Waals surface area contributed by atoms with Crippen LogP contribution in [0, 0.1) is 0 Å². The first kappa shape index (κ1) is 30.0. The average molecular weight is 671 g/mol. The molecule has 0 bridgehead atoms. The van der Waals surface area contributed by atoms with Crippen molar-refractivity contribution in [2.24, 2.45) is 0 Å². The molecule has 218 valence electrons. The average Bonchev–Trinajstić information content (AvgIpc) is 3.25. The molecule has 3 aromatic carbocycles. The summed E-state index contributed by atoms with van der Waals surface area (Å²) in [5.74, 6) is 0.247. The molecule has 2 saturated heterocycles. The van der Waals surface area contributed by atoms with E-state index in [4.69, 9.17) is 21.1 Å². The van der Waals surface area contributed by atoms with E-state index >= 15 is 0 Å². The maximum absolute atomic E-state index is 13.2. The highest BCUT2D eigenvalue weighted by atomic mass is 79.9. The highest BCUT2D eigenvalue weighted by Crippen LogP contribution is 2.40. The lowest BCUT2D eigenvalue weighted by molar-refractivity contribution is -0.136. The van der Waals surface area contributed by atoms with E-state index in [1.54, 1.807) is 29.2 Å². The molecule has 42 heavy (non-hydrogen) atoms. The minimum absolute atomic E-state index is 0.237. The zero-order valence-electron chi connectivity index (χ0n) is 22.9. The van der Waals surface area contributed by atoms with Gasteiger partial charge in [-0.3, -0.25) is 19.3 Å². The van der Waals surface area contributed by atoms with Gasteiger partial charge in [0, 0.05) is 42.5 Å². The van der Waals surface area contributed by atoms with Gasteiger partial charge < -0.3 is 19.3 Å². The van der Waals surface area contributed by atoms with Crippen LogP contribution in [-0.2, 0) is 16.2 Å². The van der Waals surface area contributed by atoms with Gasteiger partial charge in [-0.1, -0.05) is 48.0 Å². The molecule has 2 aliphatic heterocycles. The summed E-state index contributed by atoms with van der Waals surface area (Å²) in [4.78, 5) is 44.2. The van der Waals surface area contributed by atoms with Crippen molar-refractivity contribution in [3.8, 4) is 11.5 Å². The molecule has 8 nitrogen and oxygen atoms in total. The molecule has 0 N–H and O–H groups in total. The van der Waals surface area contributed by atoms with E-state index in [-0.39, 0.29) is 24.0 Å². The third kappa shape index (κ3) is 6.94. The molecule has 0 unspecified atom stereocenters. The molecule has 2 heterocycles. The van der Waals surface area contributed by atoms with Crippen molar-refractivity contribution in [3.63, 3.8) is 0 Å². The Hall–Kier alpha value is -3.47. The lowest BCUT2D eigenvalue weighted by atomic mass is 10.1. The van der Waals surface area contributed by atoms with Crippen LogP contribution in [0.2, 0.25) is 5.02 Å². The van der Waals surface area contributed by atoms with E-state index in [1.807, 2.05) is 55.5 Å². The normalized spacial score (nSPS) is 16.4. The maximum atomic E-state index is 13.2. The fraction of sp³-hybridized carbons (Fsp3) is 0.258. The quantitative estimate of drug-likeness (QED) is 0.242. The molecule has 0 aromatic heterocycles. The first-order chi connectivity index (χ1) is 20.3. The lowest BCUT2D eigenvalue weighted by Crippen LogP contribution is -2.51. The Morgan fingerprint density at radius 2 is 1.71 bits per heavy atom. The second kappa shape index (κ2) is 13.7.